The number of carbonyl (C=O) groups excluding carboxylic acids is 1. The van der Waals surface area contributed by atoms with Gasteiger partial charge in [0.15, 0.2) is 0 Å². The summed E-state index contributed by atoms with van der Waals surface area (Å²) in [5.41, 5.74) is 6.20. The molecule has 0 atom stereocenters. The van der Waals surface area contributed by atoms with Crippen molar-refractivity contribution in [3.63, 3.8) is 0 Å². The van der Waals surface area contributed by atoms with E-state index in [2.05, 4.69) is 25.2 Å². The van der Waals surface area contributed by atoms with E-state index in [4.69, 9.17) is 4.98 Å². The van der Waals surface area contributed by atoms with Crippen LogP contribution in [-0.2, 0) is 0 Å². The molecule has 0 aliphatic carbocycles. The molecule has 0 saturated carbocycles. The molecule has 0 unspecified atom stereocenters. The Kier molecular flexibility index (Phi) is 5.13. The Morgan fingerprint density at radius 2 is 1.52 bits per heavy atom. The maximum atomic E-state index is 13.5. The fourth-order valence-corrected chi connectivity index (χ4v) is 3.78. The van der Waals surface area contributed by atoms with Crippen LogP contribution in [0.5, 0.6) is 0 Å². The summed E-state index contributed by atoms with van der Waals surface area (Å²) < 4.78 is 0. The van der Waals surface area contributed by atoms with E-state index in [1.165, 1.54) is 0 Å². The normalized spacial score (nSPS) is 11.0. The smallest absolute Gasteiger partial charge is 0.256 e. The van der Waals surface area contributed by atoms with E-state index < -0.39 is 0 Å². The first-order chi connectivity index (χ1) is 14.1. The molecule has 0 saturated heterocycles. The minimum Gasteiger partial charge on any atom is -0.322 e. The van der Waals surface area contributed by atoms with Gasteiger partial charge in [-0.3, -0.25) is 4.79 Å². The van der Waals surface area contributed by atoms with Crippen LogP contribution >= 0.6 is 0 Å². The lowest BCUT2D eigenvalue weighted by Crippen LogP contribution is -2.16. The molecule has 3 nitrogen and oxygen atoms in total. The van der Waals surface area contributed by atoms with E-state index in [1.807, 2.05) is 79.7 Å². The van der Waals surface area contributed by atoms with Crippen LogP contribution in [0.2, 0.25) is 0 Å². The van der Waals surface area contributed by atoms with Crippen molar-refractivity contribution in [3.8, 4) is 11.3 Å². The maximum absolute atomic E-state index is 13.5. The van der Waals surface area contributed by atoms with E-state index in [-0.39, 0.29) is 5.91 Å². The zero-order valence-electron chi connectivity index (χ0n) is 16.9. The van der Waals surface area contributed by atoms with Crippen molar-refractivity contribution in [2.75, 3.05) is 5.32 Å². The monoisotopic (exact) mass is 380 g/mol. The molecule has 1 N–H and O–H groups in total. The van der Waals surface area contributed by atoms with Gasteiger partial charge in [0, 0.05) is 16.6 Å². The molecule has 1 heterocycles. The molecule has 0 fully saturated rings. The van der Waals surface area contributed by atoms with Crippen LogP contribution in [0.15, 0.2) is 78.9 Å². The van der Waals surface area contributed by atoms with Crippen LogP contribution < -0.4 is 5.32 Å². The Bertz CT molecular complexity index is 1180. The fraction of sp³-hybridized carbons (Fsp3) is 0.154. The number of benzene rings is 3. The van der Waals surface area contributed by atoms with Crippen LogP contribution in [0.4, 0.5) is 5.69 Å². The van der Waals surface area contributed by atoms with Gasteiger partial charge in [-0.2, -0.15) is 0 Å². The number of para-hydroxylation sites is 2. The second kappa shape index (κ2) is 7.88. The summed E-state index contributed by atoms with van der Waals surface area (Å²) in [5, 5.41) is 4.02. The molecule has 0 radical (unpaired) electrons. The molecule has 144 valence electrons. The van der Waals surface area contributed by atoms with Crippen LogP contribution in [0.1, 0.15) is 41.3 Å². The van der Waals surface area contributed by atoms with Gasteiger partial charge in [0.05, 0.1) is 16.8 Å². The van der Waals surface area contributed by atoms with Crippen LogP contribution in [-0.4, -0.2) is 10.9 Å². The number of hydrogen-bond donors (Lipinski definition) is 1. The summed E-state index contributed by atoms with van der Waals surface area (Å²) >= 11 is 0. The molecule has 0 spiro atoms. The third-order valence-electron chi connectivity index (χ3n) is 5.24. The van der Waals surface area contributed by atoms with Crippen molar-refractivity contribution in [3.05, 3.63) is 95.6 Å². The van der Waals surface area contributed by atoms with E-state index in [0.717, 1.165) is 39.0 Å². The van der Waals surface area contributed by atoms with Gasteiger partial charge in [-0.1, -0.05) is 80.6 Å². The van der Waals surface area contributed by atoms with Crippen LogP contribution in [0.25, 0.3) is 22.2 Å². The van der Waals surface area contributed by atoms with Gasteiger partial charge in [0.25, 0.3) is 5.91 Å². The lowest BCUT2D eigenvalue weighted by molar-refractivity contribution is 0.102. The first-order valence-electron chi connectivity index (χ1n) is 9.91. The molecule has 1 amide bonds. The van der Waals surface area contributed by atoms with E-state index in [1.54, 1.807) is 0 Å². The number of hydrogen-bond acceptors (Lipinski definition) is 2. The van der Waals surface area contributed by atoms with Gasteiger partial charge in [-0.05, 0) is 36.1 Å². The van der Waals surface area contributed by atoms with Gasteiger partial charge < -0.3 is 5.32 Å². The Hall–Kier alpha value is -3.46. The number of pyridine rings is 1. The zero-order valence-corrected chi connectivity index (χ0v) is 16.9. The number of fused-ring (bicyclic) bond motifs is 1. The second-order valence-electron chi connectivity index (χ2n) is 7.54. The Morgan fingerprint density at radius 3 is 2.28 bits per heavy atom. The number of nitrogens with zero attached hydrogens (tertiary/aromatic N) is 1. The molecule has 0 aliphatic rings. The molecule has 3 aromatic carbocycles. The van der Waals surface area contributed by atoms with Crippen molar-refractivity contribution < 1.29 is 4.79 Å². The van der Waals surface area contributed by atoms with E-state index in [9.17, 15) is 4.79 Å². The summed E-state index contributed by atoms with van der Waals surface area (Å²) in [6.07, 6.45) is 0. The molecular weight excluding hydrogens is 356 g/mol. The number of carbonyl (C=O) groups is 1. The van der Waals surface area contributed by atoms with Gasteiger partial charge in [-0.25, -0.2) is 4.98 Å². The van der Waals surface area contributed by atoms with E-state index >= 15 is 0 Å². The molecule has 3 heteroatoms. The number of aromatic nitrogens is 1. The molecule has 0 bridgehead atoms. The Labute approximate surface area is 171 Å². The highest BCUT2D eigenvalue weighted by Gasteiger charge is 2.20. The third-order valence-corrected chi connectivity index (χ3v) is 5.24. The Morgan fingerprint density at radius 1 is 0.862 bits per heavy atom. The van der Waals surface area contributed by atoms with Crippen LogP contribution in [0, 0.1) is 6.92 Å². The summed E-state index contributed by atoms with van der Waals surface area (Å²) in [6, 6.07) is 25.8. The van der Waals surface area contributed by atoms with E-state index in [0.29, 0.717) is 11.5 Å². The molecule has 29 heavy (non-hydrogen) atoms. The summed E-state index contributed by atoms with van der Waals surface area (Å²) in [4.78, 5) is 18.3. The van der Waals surface area contributed by atoms with Gasteiger partial charge in [-0.15, -0.1) is 0 Å². The predicted molar refractivity (Wildman–Crippen MR) is 120 cm³/mol. The lowest BCUT2D eigenvalue weighted by atomic mass is 9.96. The second-order valence-corrected chi connectivity index (χ2v) is 7.54. The number of anilines is 1. The highest BCUT2D eigenvalue weighted by atomic mass is 16.1. The van der Waals surface area contributed by atoms with Crippen molar-refractivity contribution >= 4 is 22.5 Å². The first-order valence-corrected chi connectivity index (χ1v) is 9.91. The zero-order chi connectivity index (χ0) is 20.4. The molecule has 1 aromatic heterocycles. The Balaban J connectivity index is 1.87. The largest absolute Gasteiger partial charge is 0.322 e. The standard InChI is InChI=1S/C26H24N2O/c1-17(2)20-13-7-9-15-22(20)28-26(29)24-18(3)25(19-11-5-4-6-12-19)27-23-16-10-8-14-21(23)24/h4-17H,1-3H3,(H,28,29). The minimum atomic E-state index is -0.105. The molecule has 0 aliphatic heterocycles. The average Bonchev–Trinajstić information content (AvgIpc) is 2.74. The number of rotatable bonds is 4. The summed E-state index contributed by atoms with van der Waals surface area (Å²) in [5.74, 6) is 0.216. The summed E-state index contributed by atoms with van der Waals surface area (Å²) in [6.45, 7) is 6.24. The molecule has 4 rings (SSSR count). The van der Waals surface area contributed by atoms with Crippen molar-refractivity contribution in [2.24, 2.45) is 0 Å². The minimum absolute atomic E-state index is 0.105. The van der Waals surface area contributed by atoms with Gasteiger partial charge in [0.2, 0.25) is 0 Å². The third kappa shape index (κ3) is 3.64. The van der Waals surface area contributed by atoms with Crippen molar-refractivity contribution in [1.82, 2.24) is 4.98 Å². The molecule has 4 aromatic rings. The number of amides is 1. The SMILES string of the molecule is Cc1c(-c2ccccc2)nc2ccccc2c1C(=O)Nc1ccccc1C(C)C. The molecular formula is C26H24N2O. The predicted octanol–water partition coefficient (Wildman–Crippen LogP) is 6.59. The fourth-order valence-electron chi connectivity index (χ4n) is 3.78. The van der Waals surface area contributed by atoms with Gasteiger partial charge in [0.1, 0.15) is 0 Å². The highest BCUT2D eigenvalue weighted by molar-refractivity contribution is 6.14. The van der Waals surface area contributed by atoms with Gasteiger partial charge >= 0.3 is 0 Å². The highest BCUT2D eigenvalue weighted by Crippen LogP contribution is 2.31. The first kappa shape index (κ1) is 18.9. The maximum Gasteiger partial charge on any atom is 0.256 e. The topological polar surface area (TPSA) is 42.0 Å². The lowest BCUT2D eigenvalue weighted by Gasteiger charge is -2.17. The average molecular weight is 380 g/mol. The summed E-state index contributed by atoms with van der Waals surface area (Å²) in [7, 11) is 0. The van der Waals surface area contributed by atoms with Crippen molar-refractivity contribution in [2.45, 2.75) is 26.7 Å². The number of nitrogens with one attached hydrogen (secondary N) is 1. The quantitative estimate of drug-likeness (QED) is 0.434. The van der Waals surface area contributed by atoms with Crippen LogP contribution in [0.3, 0.4) is 0 Å². The van der Waals surface area contributed by atoms with Crippen molar-refractivity contribution in [1.29, 1.82) is 0 Å².